The summed E-state index contributed by atoms with van der Waals surface area (Å²) in [7, 11) is 3.30. The number of carbonyl (C=O) groups is 1. The fourth-order valence-electron chi connectivity index (χ4n) is 2.26. The molecule has 1 amide bonds. The molecule has 0 spiro atoms. The average Bonchev–Trinajstić information content (AvgIpc) is 3.05. The Balaban J connectivity index is 2.08. The van der Waals surface area contributed by atoms with Gasteiger partial charge < -0.3 is 10.0 Å². The van der Waals surface area contributed by atoms with E-state index in [0.717, 1.165) is 16.4 Å². The predicted molar refractivity (Wildman–Crippen MR) is 77.7 cm³/mol. The number of hydrogen-bond donors (Lipinski definition) is 1. The Kier molecular flexibility index (Phi) is 5.27. The second-order valence-electron chi connectivity index (χ2n) is 5.44. The van der Waals surface area contributed by atoms with E-state index in [0.29, 0.717) is 6.54 Å². The number of amides is 1. The molecular formula is C14H18F3N5O2. The molecule has 0 aliphatic carbocycles. The van der Waals surface area contributed by atoms with Crippen LogP contribution in [0.3, 0.4) is 0 Å². The van der Waals surface area contributed by atoms with Gasteiger partial charge in [0.05, 0.1) is 6.20 Å². The number of rotatable bonds is 6. The number of carbonyl (C=O) groups excluding carboxylic acids is 1. The molecule has 2 aromatic heterocycles. The molecule has 0 aliphatic heterocycles. The highest BCUT2D eigenvalue weighted by Gasteiger charge is 2.37. The summed E-state index contributed by atoms with van der Waals surface area (Å²) in [5.74, 6) is -0.384. The lowest BCUT2D eigenvalue weighted by molar-refractivity contribution is -0.142. The third-order valence-electron chi connectivity index (χ3n) is 3.39. The predicted octanol–water partition coefficient (Wildman–Crippen LogP) is 0.829. The van der Waals surface area contributed by atoms with E-state index >= 15 is 0 Å². The first-order chi connectivity index (χ1) is 11.2. The third-order valence-corrected chi connectivity index (χ3v) is 3.39. The summed E-state index contributed by atoms with van der Waals surface area (Å²) in [5, 5.41) is 16.3. The molecule has 2 rings (SSSR count). The van der Waals surface area contributed by atoms with E-state index in [2.05, 4.69) is 10.2 Å². The van der Waals surface area contributed by atoms with Gasteiger partial charge in [0, 0.05) is 50.8 Å². The van der Waals surface area contributed by atoms with Gasteiger partial charge in [0.2, 0.25) is 5.91 Å². The van der Waals surface area contributed by atoms with Gasteiger partial charge in [-0.25, -0.2) is 0 Å². The second-order valence-corrected chi connectivity index (χ2v) is 5.44. The molecule has 0 aliphatic rings. The van der Waals surface area contributed by atoms with Crippen molar-refractivity contribution in [1.29, 1.82) is 0 Å². The van der Waals surface area contributed by atoms with Crippen LogP contribution in [0.15, 0.2) is 18.6 Å². The monoisotopic (exact) mass is 345 g/mol. The van der Waals surface area contributed by atoms with Gasteiger partial charge in [-0.3, -0.25) is 14.2 Å². The van der Waals surface area contributed by atoms with Gasteiger partial charge in [-0.1, -0.05) is 0 Å². The van der Waals surface area contributed by atoms with Crippen molar-refractivity contribution < 1.29 is 23.1 Å². The van der Waals surface area contributed by atoms with Crippen LogP contribution in [0.25, 0.3) is 0 Å². The van der Waals surface area contributed by atoms with Crippen molar-refractivity contribution in [2.45, 2.75) is 25.7 Å². The van der Waals surface area contributed by atoms with Crippen molar-refractivity contribution in [3.8, 4) is 0 Å². The Morgan fingerprint density at radius 2 is 2.08 bits per heavy atom. The minimum Gasteiger partial charge on any atom is -0.396 e. The molecule has 0 aromatic carbocycles. The summed E-state index contributed by atoms with van der Waals surface area (Å²) in [5.41, 5.74) is -0.391. The fraction of sp³-hybridized carbons (Fsp3) is 0.500. The summed E-state index contributed by atoms with van der Waals surface area (Å²) in [6.45, 7) is -0.446. The highest BCUT2D eigenvalue weighted by Crippen LogP contribution is 2.30. The Labute approximate surface area is 136 Å². The maximum atomic E-state index is 12.9. The number of aryl methyl sites for hydroxylation is 1. The van der Waals surface area contributed by atoms with Gasteiger partial charge >= 0.3 is 6.18 Å². The van der Waals surface area contributed by atoms with Gasteiger partial charge in [-0.15, -0.1) is 0 Å². The van der Waals surface area contributed by atoms with Gasteiger partial charge in [-0.05, 0) is 6.42 Å². The van der Waals surface area contributed by atoms with Crippen molar-refractivity contribution in [3.63, 3.8) is 0 Å². The van der Waals surface area contributed by atoms with Gasteiger partial charge in [-0.2, -0.15) is 23.4 Å². The van der Waals surface area contributed by atoms with Crippen molar-refractivity contribution in [1.82, 2.24) is 24.5 Å². The molecule has 0 saturated heterocycles. The quantitative estimate of drug-likeness (QED) is 0.841. The van der Waals surface area contributed by atoms with Crippen LogP contribution >= 0.6 is 0 Å². The first kappa shape index (κ1) is 18.0. The number of hydrogen-bond acceptors (Lipinski definition) is 4. The first-order valence-electron chi connectivity index (χ1n) is 7.16. The Morgan fingerprint density at radius 3 is 2.62 bits per heavy atom. The van der Waals surface area contributed by atoms with Crippen LogP contribution in [0.4, 0.5) is 13.2 Å². The second kappa shape index (κ2) is 7.04. The van der Waals surface area contributed by atoms with Crippen molar-refractivity contribution in [2.75, 3.05) is 13.7 Å². The van der Waals surface area contributed by atoms with Crippen LogP contribution in [-0.2, 0) is 37.5 Å². The number of aromatic nitrogens is 4. The third kappa shape index (κ3) is 4.34. The lowest BCUT2D eigenvalue weighted by Gasteiger charge is -2.16. The molecule has 0 radical (unpaired) electrons. The van der Waals surface area contributed by atoms with E-state index < -0.39 is 18.5 Å². The average molecular weight is 345 g/mol. The van der Waals surface area contributed by atoms with Crippen LogP contribution < -0.4 is 0 Å². The van der Waals surface area contributed by atoms with Gasteiger partial charge in [0.15, 0.2) is 5.69 Å². The summed E-state index contributed by atoms with van der Waals surface area (Å²) in [4.78, 5) is 13.5. The Hall–Kier alpha value is -2.36. The molecule has 7 nitrogen and oxygen atoms in total. The minimum atomic E-state index is -4.62. The molecule has 10 heteroatoms. The number of alkyl halides is 3. The number of likely N-dealkylation sites (N-methyl/N-ethyl adjacent to an activating group) is 1. The lowest BCUT2D eigenvalue weighted by Crippen LogP contribution is -2.30. The highest BCUT2D eigenvalue weighted by atomic mass is 19.4. The summed E-state index contributed by atoms with van der Waals surface area (Å²) in [6.07, 6.45) is -0.290. The van der Waals surface area contributed by atoms with Crippen LogP contribution in [0.1, 0.15) is 16.8 Å². The van der Waals surface area contributed by atoms with E-state index in [9.17, 15) is 18.0 Å². The van der Waals surface area contributed by atoms with Gasteiger partial charge in [0.25, 0.3) is 0 Å². The zero-order chi connectivity index (χ0) is 17.9. The zero-order valence-corrected chi connectivity index (χ0v) is 13.3. The first-order valence-corrected chi connectivity index (χ1v) is 7.16. The lowest BCUT2D eigenvalue weighted by atomic mass is 10.2. The van der Waals surface area contributed by atoms with Crippen LogP contribution in [0, 0.1) is 0 Å². The zero-order valence-electron chi connectivity index (χ0n) is 13.3. The Bertz CT molecular complexity index is 708. The van der Waals surface area contributed by atoms with Crippen LogP contribution in [0.5, 0.6) is 0 Å². The SMILES string of the molecule is CN(Cc1cnn(C)c1)C(=O)Cn1cc(CCO)c(C(F)(F)F)n1. The summed E-state index contributed by atoms with van der Waals surface area (Å²) in [6, 6.07) is 0. The number of aliphatic hydroxyl groups is 1. The molecule has 0 atom stereocenters. The minimum absolute atomic E-state index is 0.132. The largest absolute Gasteiger partial charge is 0.435 e. The molecule has 0 fully saturated rings. The van der Waals surface area contributed by atoms with E-state index in [1.807, 2.05) is 0 Å². The maximum Gasteiger partial charge on any atom is 0.435 e. The number of nitrogens with zero attached hydrogens (tertiary/aromatic N) is 5. The molecule has 2 heterocycles. The number of halogens is 3. The maximum absolute atomic E-state index is 12.9. The van der Waals surface area contributed by atoms with Crippen LogP contribution in [0.2, 0.25) is 0 Å². The molecule has 0 saturated carbocycles. The topological polar surface area (TPSA) is 76.2 Å². The van der Waals surface area contributed by atoms with E-state index in [1.54, 1.807) is 31.2 Å². The van der Waals surface area contributed by atoms with Crippen molar-refractivity contribution in [3.05, 3.63) is 35.4 Å². The van der Waals surface area contributed by atoms with Crippen molar-refractivity contribution >= 4 is 5.91 Å². The molecule has 1 N–H and O–H groups in total. The molecular weight excluding hydrogens is 327 g/mol. The summed E-state index contributed by atoms with van der Waals surface area (Å²) < 4.78 is 41.3. The normalized spacial score (nSPS) is 11.8. The van der Waals surface area contributed by atoms with E-state index in [4.69, 9.17) is 5.11 Å². The smallest absolute Gasteiger partial charge is 0.396 e. The van der Waals surface area contributed by atoms with Gasteiger partial charge in [0.1, 0.15) is 6.54 Å². The Morgan fingerprint density at radius 1 is 1.38 bits per heavy atom. The standard InChI is InChI=1S/C14H18F3N5O2/c1-20(6-10-5-18-21(2)7-10)12(24)9-22-8-11(3-4-23)13(19-22)14(15,16)17/h5,7-8,23H,3-4,6,9H2,1-2H3. The molecule has 0 unspecified atom stereocenters. The molecule has 132 valence electrons. The highest BCUT2D eigenvalue weighted by molar-refractivity contribution is 5.75. The molecule has 0 bridgehead atoms. The molecule has 24 heavy (non-hydrogen) atoms. The van der Waals surface area contributed by atoms with E-state index in [1.165, 1.54) is 4.90 Å². The molecule has 2 aromatic rings. The van der Waals surface area contributed by atoms with E-state index in [-0.39, 0.29) is 24.4 Å². The summed E-state index contributed by atoms with van der Waals surface area (Å²) >= 11 is 0. The fourth-order valence-corrected chi connectivity index (χ4v) is 2.26. The van der Waals surface area contributed by atoms with Crippen molar-refractivity contribution in [2.24, 2.45) is 7.05 Å². The van der Waals surface area contributed by atoms with Crippen LogP contribution in [-0.4, -0.2) is 49.1 Å². The number of aliphatic hydroxyl groups excluding tert-OH is 1.